The number of nitrogens with one attached hydrogen (secondary N) is 2. The first-order valence-corrected chi connectivity index (χ1v) is 8.75. The second-order valence-electron chi connectivity index (χ2n) is 6.20. The van der Waals surface area contributed by atoms with Crippen molar-refractivity contribution >= 4 is 22.9 Å². The number of amides is 1. The van der Waals surface area contributed by atoms with E-state index in [9.17, 15) is 4.79 Å². The monoisotopic (exact) mass is 370 g/mol. The first-order valence-electron chi connectivity index (χ1n) is 8.75. The highest BCUT2D eigenvalue weighted by atomic mass is 16.5. The third-order valence-electron chi connectivity index (χ3n) is 4.36. The molecule has 3 aromatic carbocycles. The molecule has 6 nitrogen and oxygen atoms in total. The molecule has 0 saturated heterocycles. The Hall–Kier alpha value is -3.93. The number of fused-ring (bicyclic) bond motifs is 1. The molecular formula is C22H18N4O2. The van der Waals surface area contributed by atoms with E-state index in [4.69, 9.17) is 4.74 Å². The van der Waals surface area contributed by atoms with Crippen molar-refractivity contribution in [3.8, 4) is 17.0 Å². The Bertz CT molecular complexity index is 1150. The molecule has 0 bridgehead atoms. The van der Waals surface area contributed by atoms with Gasteiger partial charge < -0.3 is 4.74 Å². The number of H-pyrrole nitrogens is 1. The lowest BCUT2D eigenvalue weighted by Gasteiger charge is -2.00. The van der Waals surface area contributed by atoms with Gasteiger partial charge in [-0.05, 0) is 52.7 Å². The summed E-state index contributed by atoms with van der Waals surface area (Å²) in [6, 6.07) is 23.3. The van der Waals surface area contributed by atoms with Gasteiger partial charge in [0.25, 0.3) is 5.91 Å². The number of ether oxygens (including phenoxy) is 1. The third kappa shape index (κ3) is 3.76. The number of hydrogen-bond donors (Lipinski definition) is 2. The first-order chi connectivity index (χ1) is 13.7. The first kappa shape index (κ1) is 17.5. The van der Waals surface area contributed by atoms with Gasteiger partial charge in [-0.1, -0.05) is 36.4 Å². The van der Waals surface area contributed by atoms with E-state index < -0.39 is 0 Å². The van der Waals surface area contributed by atoms with Crippen LogP contribution in [0.1, 0.15) is 16.1 Å². The average Bonchev–Trinajstić information content (AvgIpc) is 3.24. The number of nitrogens with zero attached hydrogens (tertiary/aromatic N) is 2. The molecule has 138 valence electrons. The maximum atomic E-state index is 12.3. The summed E-state index contributed by atoms with van der Waals surface area (Å²) in [6.45, 7) is 0. The van der Waals surface area contributed by atoms with E-state index in [0.717, 1.165) is 27.6 Å². The van der Waals surface area contributed by atoms with Crippen LogP contribution in [0.25, 0.3) is 22.0 Å². The van der Waals surface area contributed by atoms with E-state index in [0.29, 0.717) is 11.4 Å². The molecule has 0 radical (unpaired) electrons. The summed E-state index contributed by atoms with van der Waals surface area (Å²) >= 11 is 0. The van der Waals surface area contributed by atoms with Crippen LogP contribution in [0, 0.1) is 0 Å². The van der Waals surface area contributed by atoms with Gasteiger partial charge in [0, 0.05) is 5.56 Å². The van der Waals surface area contributed by atoms with Crippen LogP contribution in [0.4, 0.5) is 0 Å². The summed E-state index contributed by atoms with van der Waals surface area (Å²) in [6.07, 6.45) is 1.57. The molecule has 0 unspecified atom stereocenters. The molecule has 4 aromatic rings. The lowest BCUT2D eigenvalue weighted by atomic mass is 10.1. The van der Waals surface area contributed by atoms with Crippen molar-refractivity contribution in [3.05, 3.63) is 84.1 Å². The lowest BCUT2D eigenvalue weighted by Crippen LogP contribution is -2.17. The van der Waals surface area contributed by atoms with Crippen LogP contribution >= 0.6 is 0 Å². The second kappa shape index (κ2) is 7.75. The largest absolute Gasteiger partial charge is 0.497 e. The van der Waals surface area contributed by atoms with Crippen LogP contribution in [-0.2, 0) is 0 Å². The van der Waals surface area contributed by atoms with Gasteiger partial charge in [-0.2, -0.15) is 10.2 Å². The molecule has 6 heteroatoms. The second-order valence-corrected chi connectivity index (χ2v) is 6.20. The molecule has 0 aliphatic rings. The van der Waals surface area contributed by atoms with Crippen LogP contribution in [-0.4, -0.2) is 29.4 Å². The zero-order valence-corrected chi connectivity index (χ0v) is 15.2. The molecular weight excluding hydrogens is 352 g/mol. The van der Waals surface area contributed by atoms with E-state index in [1.807, 2.05) is 54.6 Å². The van der Waals surface area contributed by atoms with Gasteiger partial charge in [0.15, 0.2) is 0 Å². The molecule has 0 fully saturated rings. The molecule has 0 aliphatic carbocycles. The zero-order chi connectivity index (χ0) is 19.3. The minimum absolute atomic E-state index is 0.343. The van der Waals surface area contributed by atoms with E-state index in [2.05, 4.69) is 32.9 Å². The third-order valence-corrected chi connectivity index (χ3v) is 4.36. The van der Waals surface area contributed by atoms with Crippen LogP contribution in [0.3, 0.4) is 0 Å². The Morgan fingerprint density at radius 2 is 1.82 bits per heavy atom. The summed E-state index contributed by atoms with van der Waals surface area (Å²) < 4.78 is 5.11. The topological polar surface area (TPSA) is 79.4 Å². The summed E-state index contributed by atoms with van der Waals surface area (Å²) in [7, 11) is 1.61. The Balaban J connectivity index is 1.45. The van der Waals surface area contributed by atoms with Crippen LogP contribution in [0.15, 0.2) is 77.9 Å². The van der Waals surface area contributed by atoms with E-state index in [1.54, 1.807) is 19.4 Å². The molecule has 1 heterocycles. The Morgan fingerprint density at radius 3 is 2.61 bits per heavy atom. The number of aromatic nitrogens is 2. The smallest absolute Gasteiger partial charge is 0.289 e. The number of hydrogen-bond acceptors (Lipinski definition) is 4. The van der Waals surface area contributed by atoms with Gasteiger partial charge in [-0.3, -0.25) is 9.89 Å². The summed E-state index contributed by atoms with van der Waals surface area (Å²) in [4.78, 5) is 12.3. The predicted molar refractivity (Wildman–Crippen MR) is 110 cm³/mol. The standard InChI is InChI=1S/C22H18N4O2/c1-28-19-10-6-15(7-11-19)14-23-26-22(27)21-13-20(24-25-21)18-9-8-16-4-2-3-5-17(16)12-18/h2-14H,1H3,(H,24,25)(H,26,27)/b23-14-. The van der Waals surface area contributed by atoms with Crippen LogP contribution in [0.2, 0.25) is 0 Å². The van der Waals surface area contributed by atoms with E-state index in [-0.39, 0.29) is 5.91 Å². The highest BCUT2D eigenvalue weighted by Gasteiger charge is 2.10. The number of methoxy groups -OCH3 is 1. The number of benzene rings is 3. The Morgan fingerprint density at radius 1 is 1.04 bits per heavy atom. The van der Waals surface area contributed by atoms with Crippen LogP contribution < -0.4 is 10.2 Å². The van der Waals surface area contributed by atoms with Gasteiger partial charge >= 0.3 is 0 Å². The van der Waals surface area contributed by atoms with Crippen molar-refractivity contribution in [2.24, 2.45) is 5.10 Å². The van der Waals surface area contributed by atoms with Gasteiger partial charge in [-0.25, -0.2) is 5.43 Å². The zero-order valence-electron chi connectivity index (χ0n) is 15.2. The number of carbonyl (C=O) groups excluding carboxylic acids is 1. The van der Waals surface area contributed by atoms with Crippen molar-refractivity contribution in [2.75, 3.05) is 7.11 Å². The van der Waals surface area contributed by atoms with Gasteiger partial charge in [0.2, 0.25) is 0 Å². The lowest BCUT2D eigenvalue weighted by molar-refractivity contribution is 0.0950. The summed E-state index contributed by atoms with van der Waals surface area (Å²) in [5, 5.41) is 13.3. The van der Waals surface area contributed by atoms with Gasteiger partial charge in [0.05, 0.1) is 19.0 Å². The maximum Gasteiger partial charge on any atom is 0.289 e. The van der Waals surface area contributed by atoms with Crippen LogP contribution in [0.5, 0.6) is 5.75 Å². The molecule has 4 rings (SSSR count). The SMILES string of the molecule is COc1ccc(/C=N\NC(=O)c2cc(-c3ccc4ccccc4c3)n[nH]2)cc1. The molecule has 0 spiro atoms. The molecule has 0 atom stereocenters. The summed E-state index contributed by atoms with van der Waals surface area (Å²) in [5.74, 6) is 0.407. The van der Waals surface area contributed by atoms with Crippen molar-refractivity contribution in [2.45, 2.75) is 0 Å². The van der Waals surface area contributed by atoms with E-state index in [1.165, 1.54) is 0 Å². The minimum Gasteiger partial charge on any atom is -0.497 e. The summed E-state index contributed by atoms with van der Waals surface area (Å²) in [5.41, 5.74) is 5.33. The quantitative estimate of drug-likeness (QED) is 0.412. The number of carbonyl (C=O) groups is 1. The number of rotatable bonds is 5. The fourth-order valence-corrected chi connectivity index (χ4v) is 2.85. The predicted octanol–water partition coefficient (Wildman–Crippen LogP) is 4.00. The molecule has 0 aliphatic heterocycles. The molecule has 0 saturated carbocycles. The number of hydrazone groups is 1. The fourth-order valence-electron chi connectivity index (χ4n) is 2.85. The van der Waals surface area contributed by atoms with Crippen molar-refractivity contribution in [1.29, 1.82) is 0 Å². The molecule has 28 heavy (non-hydrogen) atoms. The maximum absolute atomic E-state index is 12.3. The fraction of sp³-hybridized carbons (Fsp3) is 0.0455. The molecule has 1 aromatic heterocycles. The number of aromatic amines is 1. The van der Waals surface area contributed by atoms with Crippen molar-refractivity contribution in [1.82, 2.24) is 15.6 Å². The van der Waals surface area contributed by atoms with Crippen molar-refractivity contribution in [3.63, 3.8) is 0 Å². The highest BCUT2D eigenvalue weighted by Crippen LogP contribution is 2.23. The van der Waals surface area contributed by atoms with E-state index >= 15 is 0 Å². The highest BCUT2D eigenvalue weighted by molar-refractivity contribution is 5.94. The minimum atomic E-state index is -0.357. The molecule has 1 amide bonds. The van der Waals surface area contributed by atoms with Gasteiger partial charge in [-0.15, -0.1) is 0 Å². The van der Waals surface area contributed by atoms with Crippen molar-refractivity contribution < 1.29 is 9.53 Å². The molecule has 2 N–H and O–H groups in total. The van der Waals surface area contributed by atoms with Gasteiger partial charge in [0.1, 0.15) is 11.4 Å². The average molecular weight is 370 g/mol. The Labute approximate surface area is 161 Å². The Kier molecular flexibility index (Phi) is 4.84. The normalized spacial score (nSPS) is 11.0.